The fourth-order valence-corrected chi connectivity index (χ4v) is 4.52. The number of nitrogens with zero attached hydrogens (tertiary/aromatic N) is 6. The molecule has 0 saturated carbocycles. The first kappa shape index (κ1) is 18.4. The molecule has 4 rings (SSSR count). The molecule has 0 radical (unpaired) electrons. The molecular weight excluding hydrogens is 380 g/mol. The van der Waals surface area contributed by atoms with Crippen molar-refractivity contribution in [2.24, 2.45) is 10.1 Å². The zero-order valence-electron chi connectivity index (χ0n) is 15.6. The van der Waals surface area contributed by atoms with E-state index in [0.717, 1.165) is 29.1 Å². The van der Waals surface area contributed by atoms with Crippen molar-refractivity contribution in [3.63, 3.8) is 0 Å². The number of morpholine rings is 1. The van der Waals surface area contributed by atoms with Gasteiger partial charge in [-0.3, -0.25) is 0 Å². The normalized spacial score (nSPS) is 20.9. The van der Waals surface area contributed by atoms with E-state index in [4.69, 9.17) is 14.8 Å². The molecule has 2 aliphatic rings. The van der Waals surface area contributed by atoms with Crippen LogP contribution in [0, 0.1) is 13.8 Å². The van der Waals surface area contributed by atoms with Crippen molar-refractivity contribution in [1.29, 1.82) is 0 Å². The quantitative estimate of drug-likeness (QED) is 0.565. The van der Waals surface area contributed by atoms with Crippen molar-refractivity contribution in [3.05, 3.63) is 40.4 Å². The van der Waals surface area contributed by atoms with Crippen LogP contribution < -0.4 is 0 Å². The van der Waals surface area contributed by atoms with Gasteiger partial charge < -0.3 is 9.64 Å². The predicted molar refractivity (Wildman–Crippen MR) is 111 cm³/mol. The van der Waals surface area contributed by atoms with E-state index in [-0.39, 0.29) is 5.37 Å². The van der Waals surface area contributed by atoms with Crippen LogP contribution in [-0.4, -0.2) is 57.4 Å². The minimum absolute atomic E-state index is 0.0567. The third kappa shape index (κ3) is 4.15. The molecule has 1 atom stereocenters. The van der Waals surface area contributed by atoms with Crippen molar-refractivity contribution in [1.82, 2.24) is 20.1 Å². The molecule has 3 heterocycles. The van der Waals surface area contributed by atoms with Crippen LogP contribution in [0.4, 0.5) is 5.13 Å². The van der Waals surface area contributed by atoms with E-state index in [9.17, 15) is 0 Å². The molecule has 9 heteroatoms. The van der Waals surface area contributed by atoms with Crippen LogP contribution in [0.25, 0.3) is 0 Å². The number of ether oxygens (including phenoxy) is 1. The van der Waals surface area contributed by atoms with Crippen molar-refractivity contribution in [2.45, 2.75) is 26.1 Å². The highest BCUT2D eigenvalue weighted by Crippen LogP contribution is 2.40. The number of hydrogen-bond acceptors (Lipinski definition) is 7. The summed E-state index contributed by atoms with van der Waals surface area (Å²) in [7, 11) is 0. The highest BCUT2D eigenvalue weighted by Gasteiger charge is 2.34. The maximum atomic E-state index is 5.53. The zero-order valence-corrected chi connectivity index (χ0v) is 17.3. The third-order valence-electron chi connectivity index (χ3n) is 4.33. The largest absolute Gasteiger partial charge is 0.378 e. The molecular formula is C18H22N6OS2. The van der Waals surface area contributed by atoms with Gasteiger partial charge in [0.05, 0.1) is 18.3 Å². The molecule has 0 N–H and O–H groups in total. The molecule has 1 aromatic heterocycles. The number of rotatable bonds is 2. The first-order valence-electron chi connectivity index (χ1n) is 8.89. The van der Waals surface area contributed by atoms with E-state index in [1.54, 1.807) is 11.8 Å². The Morgan fingerprint density at radius 2 is 1.85 bits per heavy atom. The lowest BCUT2D eigenvalue weighted by Gasteiger charge is -2.34. The van der Waals surface area contributed by atoms with E-state index in [2.05, 4.69) is 46.3 Å². The fraction of sp³-hybridized carbons (Fsp3) is 0.444. The first-order chi connectivity index (χ1) is 13.1. The summed E-state index contributed by atoms with van der Waals surface area (Å²) in [5, 5.41) is 17.8. The lowest BCUT2D eigenvalue weighted by molar-refractivity contribution is 0.0620. The van der Waals surface area contributed by atoms with Crippen LogP contribution in [0.5, 0.6) is 0 Å². The van der Waals surface area contributed by atoms with Crippen LogP contribution in [0.15, 0.2) is 34.4 Å². The van der Waals surface area contributed by atoms with Crippen molar-refractivity contribution >= 4 is 39.2 Å². The SMILES string of the molecule is CC1=NN(/C(=N/c2nnc(C)s2)N2CCOCC2)C(c2ccc(C)cc2)S1. The van der Waals surface area contributed by atoms with Crippen molar-refractivity contribution < 1.29 is 4.74 Å². The molecule has 1 aromatic carbocycles. The number of aryl methyl sites for hydroxylation is 2. The Kier molecular flexibility index (Phi) is 5.42. The highest BCUT2D eigenvalue weighted by atomic mass is 32.2. The van der Waals surface area contributed by atoms with Gasteiger partial charge in [-0.25, -0.2) is 5.01 Å². The third-order valence-corrected chi connectivity index (χ3v) is 6.18. The summed E-state index contributed by atoms with van der Waals surface area (Å²) in [4.78, 5) is 7.08. The molecule has 1 fully saturated rings. The average Bonchev–Trinajstić information content (AvgIpc) is 3.26. The maximum Gasteiger partial charge on any atom is 0.234 e. The van der Waals surface area contributed by atoms with Gasteiger partial charge in [0.2, 0.25) is 11.1 Å². The summed E-state index contributed by atoms with van der Waals surface area (Å²) >= 11 is 3.23. The molecule has 0 aliphatic carbocycles. The minimum Gasteiger partial charge on any atom is -0.378 e. The second-order valence-electron chi connectivity index (χ2n) is 6.46. The molecule has 0 spiro atoms. The van der Waals surface area contributed by atoms with Crippen LogP contribution in [-0.2, 0) is 4.74 Å². The molecule has 1 saturated heterocycles. The van der Waals surface area contributed by atoms with Crippen LogP contribution in [0.2, 0.25) is 0 Å². The van der Waals surface area contributed by atoms with Crippen LogP contribution in [0.1, 0.15) is 28.4 Å². The highest BCUT2D eigenvalue weighted by molar-refractivity contribution is 8.14. The van der Waals surface area contributed by atoms with E-state index in [1.165, 1.54) is 22.5 Å². The van der Waals surface area contributed by atoms with Gasteiger partial charge in [0.25, 0.3) is 0 Å². The van der Waals surface area contributed by atoms with Gasteiger partial charge in [-0.1, -0.05) is 52.9 Å². The summed E-state index contributed by atoms with van der Waals surface area (Å²) in [6, 6.07) is 8.61. The molecule has 142 valence electrons. The second kappa shape index (κ2) is 7.95. The Bertz CT molecular complexity index is 857. The predicted octanol–water partition coefficient (Wildman–Crippen LogP) is 3.56. The van der Waals surface area contributed by atoms with Gasteiger partial charge in [0, 0.05) is 13.1 Å². The van der Waals surface area contributed by atoms with Crippen LogP contribution in [0.3, 0.4) is 0 Å². The number of aromatic nitrogens is 2. The number of benzene rings is 1. The minimum atomic E-state index is 0.0567. The summed E-state index contributed by atoms with van der Waals surface area (Å²) in [6.07, 6.45) is 0. The van der Waals surface area contributed by atoms with E-state index in [1.807, 2.05) is 18.9 Å². The summed E-state index contributed by atoms with van der Waals surface area (Å²) < 4.78 is 5.53. The van der Waals surface area contributed by atoms with E-state index < -0.39 is 0 Å². The molecule has 2 aromatic rings. The molecule has 0 amide bonds. The number of guanidine groups is 1. The zero-order chi connectivity index (χ0) is 18.8. The lowest BCUT2D eigenvalue weighted by Crippen LogP contribution is -2.47. The van der Waals surface area contributed by atoms with Gasteiger partial charge in [-0.05, 0) is 26.3 Å². The molecule has 27 heavy (non-hydrogen) atoms. The average molecular weight is 403 g/mol. The number of aliphatic imine (C=N–C) groups is 1. The van der Waals surface area contributed by atoms with Gasteiger partial charge in [-0.2, -0.15) is 10.1 Å². The summed E-state index contributed by atoms with van der Waals surface area (Å²) in [5.41, 5.74) is 2.46. The standard InChI is InChI=1S/C18H22N6OS2/c1-12-4-6-15(7-5-12)16-24(22-14(3)26-16)18(23-8-10-25-11-9-23)19-17-21-20-13(2)27-17/h4-7,16H,8-11H2,1-3H3/b19-18+. The van der Waals surface area contributed by atoms with Crippen molar-refractivity contribution in [2.75, 3.05) is 26.3 Å². The summed E-state index contributed by atoms with van der Waals surface area (Å²) in [6.45, 7) is 9.02. The van der Waals surface area contributed by atoms with Gasteiger partial charge in [0.1, 0.15) is 10.4 Å². The topological polar surface area (TPSA) is 66.2 Å². The van der Waals surface area contributed by atoms with E-state index in [0.29, 0.717) is 18.3 Å². The van der Waals surface area contributed by atoms with Gasteiger partial charge in [0.15, 0.2) is 0 Å². The Hall–Kier alpha value is -1.97. The van der Waals surface area contributed by atoms with Gasteiger partial charge in [-0.15, -0.1) is 10.2 Å². The van der Waals surface area contributed by atoms with Gasteiger partial charge >= 0.3 is 0 Å². The molecule has 0 bridgehead atoms. The number of hydrogen-bond donors (Lipinski definition) is 0. The number of thioether (sulfide) groups is 1. The Labute approximate surface area is 167 Å². The monoisotopic (exact) mass is 402 g/mol. The molecule has 1 unspecified atom stereocenters. The van der Waals surface area contributed by atoms with Crippen molar-refractivity contribution in [3.8, 4) is 0 Å². The van der Waals surface area contributed by atoms with Crippen LogP contribution >= 0.6 is 23.1 Å². The Morgan fingerprint density at radius 1 is 1.11 bits per heavy atom. The number of hydrazone groups is 1. The second-order valence-corrected chi connectivity index (χ2v) is 8.89. The fourth-order valence-electron chi connectivity index (χ4n) is 2.98. The lowest BCUT2D eigenvalue weighted by atomic mass is 10.1. The first-order valence-corrected chi connectivity index (χ1v) is 10.6. The maximum absolute atomic E-state index is 5.53. The smallest absolute Gasteiger partial charge is 0.234 e. The molecule has 7 nitrogen and oxygen atoms in total. The van der Waals surface area contributed by atoms with E-state index >= 15 is 0 Å². The Balaban J connectivity index is 1.72. The molecule has 2 aliphatic heterocycles. The Morgan fingerprint density at radius 3 is 2.52 bits per heavy atom. The summed E-state index contributed by atoms with van der Waals surface area (Å²) in [5.74, 6) is 0.810.